The van der Waals surface area contributed by atoms with Crippen LogP contribution in [0.15, 0.2) is 23.9 Å². The lowest BCUT2D eigenvalue weighted by Crippen LogP contribution is -2.35. The summed E-state index contributed by atoms with van der Waals surface area (Å²) in [6.45, 7) is 3.83. The number of sulfone groups is 1. The summed E-state index contributed by atoms with van der Waals surface area (Å²) >= 11 is 0. The number of aromatic nitrogens is 2. The van der Waals surface area contributed by atoms with Crippen LogP contribution in [0.3, 0.4) is 0 Å². The van der Waals surface area contributed by atoms with Gasteiger partial charge in [0.05, 0.1) is 18.1 Å². The van der Waals surface area contributed by atoms with Crippen LogP contribution in [0.2, 0.25) is 0 Å². The molecule has 8 heteroatoms. The highest BCUT2D eigenvalue weighted by atomic mass is 32.2. The highest BCUT2D eigenvalue weighted by molar-refractivity contribution is 7.94. The summed E-state index contributed by atoms with van der Waals surface area (Å²) < 4.78 is 39.1. The number of ketones is 1. The summed E-state index contributed by atoms with van der Waals surface area (Å²) in [5, 5.41) is 1.29. The van der Waals surface area contributed by atoms with Crippen molar-refractivity contribution in [2.24, 2.45) is 5.92 Å². The fourth-order valence-corrected chi connectivity index (χ4v) is 3.84. The topological polar surface area (TPSA) is 86.2 Å². The number of hydrogen-bond donors (Lipinski definition) is 0. The maximum atomic E-state index is 12.6. The summed E-state index contributed by atoms with van der Waals surface area (Å²) in [6, 6.07) is 0. The van der Waals surface area contributed by atoms with Crippen molar-refractivity contribution in [3.63, 3.8) is 0 Å². The van der Waals surface area contributed by atoms with Crippen LogP contribution in [-0.4, -0.2) is 42.2 Å². The molecule has 2 heterocycles. The van der Waals surface area contributed by atoms with Crippen molar-refractivity contribution in [1.29, 1.82) is 0 Å². The molecule has 0 spiro atoms. The molecule has 0 N–H and O–H groups in total. The molecule has 6 nitrogen and oxygen atoms in total. The average molecular weight is 370 g/mol. The van der Waals surface area contributed by atoms with E-state index in [9.17, 15) is 17.6 Å². The van der Waals surface area contributed by atoms with Crippen LogP contribution in [-0.2, 0) is 9.84 Å². The first-order valence-electron chi connectivity index (χ1n) is 8.36. The van der Waals surface area contributed by atoms with E-state index < -0.39 is 16.0 Å². The Hall–Kier alpha value is -1.83. The third-order valence-corrected chi connectivity index (χ3v) is 5.39. The van der Waals surface area contributed by atoms with E-state index in [2.05, 4.69) is 9.97 Å². The van der Waals surface area contributed by atoms with E-state index in [0.717, 1.165) is 6.42 Å². The van der Waals surface area contributed by atoms with Crippen LogP contribution >= 0.6 is 0 Å². The highest BCUT2D eigenvalue weighted by Crippen LogP contribution is 2.26. The second-order valence-electron chi connectivity index (χ2n) is 6.36. The third kappa shape index (κ3) is 6.19. The molecule has 0 amide bonds. The number of Topliss-reactive ketones (excluding diaryl/α,β-unsaturated/α-hetero) is 1. The van der Waals surface area contributed by atoms with Crippen LogP contribution in [0.5, 0.6) is 5.88 Å². The molecule has 0 radical (unpaired) electrons. The Balaban J connectivity index is 0.000000236. The van der Waals surface area contributed by atoms with E-state index in [-0.39, 0.29) is 17.8 Å². The number of ether oxygens (including phenoxy) is 1. The number of hydrogen-bond acceptors (Lipinski definition) is 6. The molecule has 1 aromatic rings. The number of nitrogens with zero attached hydrogens (tertiary/aromatic N) is 2. The number of carbonyl (C=O) groups is 1. The smallest absolute Gasteiger partial charge is 0.232 e. The van der Waals surface area contributed by atoms with Gasteiger partial charge in [0.1, 0.15) is 18.0 Å². The Morgan fingerprint density at radius 1 is 1.32 bits per heavy atom. The molecule has 2 aliphatic rings. The van der Waals surface area contributed by atoms with Gasteiger partial charge in [-0.2, -0.15) is 0 Å². The number of carbonyl (C=O) groups excluding carboxylic acids is 1. The Morgan fingerprint density at radius 3 is 2.44 bits per heavy atom. The second kappa shape index (κ2) is 8.51. The Bertz CT molecular complexity index is 713. The van der Waals surface area contributed by atoms with Crippen molar-refractivity contribution in [3.05, 3.63) is 29.6 Å². The van der Waals surface area contributed by atoms with Gasteiger partial charge in [0.25, 0.3) is 0 Å². The second-order valence-corrected chi connectivity index (χ2v) is 8.29. The van der Waals surface area contributed by atoms with Gasteiger partial charge in [-0.15, -0.1) is 0 Å². The van der Waals surface area contributed by atoms with Crippen molar-refractivity contribution >= 4 is 15.6 Å². The Labute approximate surface area is 147 Å². The molecule has 1 aromatic heterocycles. The van der Waals surface area contributed by atoms with Crippen LogP contribution in [0, 0.1) is 5.92 Å². The first-order valence-corrected chi connectivity index (χ1v) is 10.1. The lowest BCUT2D eigenvalue weighted by Gasteiger charge is -2.29. The Kier molecular flexibility index (Phi) is 6.64. The van der Waals surface area contributed by atoms with Crippen LogP contribution < -0.4 is 4.74 Å². The summed E-state index contributed by atoms with van der Waals surface area (Å²) in [5.41, 5.74) is 0.358. The first-order chi connectivity index (χ1) is 11.8. The molecular formula is C17H23FN2O4S. The van der Waals surface area contributed by atoms with E-state index in [0.29, 0.717) is 36.6 Å². The van der Waals surface area contributed by atoms with E-state index in [1.54, 1.807) is 6.08 Å². The fraction of sp³-hybridized carbons (Fsp3) is 0.588. The number of allylic oxidation sites excluding steroid dienone is 1. The summed E-state index contributed by atoms with van der Waals surface area (Å²) in [7, 11) is -2.78. The molecule has 3 rings (SSSR count). The zero-order chi connectivity index (χ0) is 18.4. The van der Waals surface area contributed by atoms with Gasteiger partial charge in [0.15, 0.2) is 15.6 Å². The van der Waals surface area contributed by atoms with Gasteiger partial charge in [-0.05, 0) is 12.3 Å². The minimum absolute atomic E-state index is 0.0148. The first kappa shape index (κ1) is 19.5. The number of alkyl halides is 1. The maximum Gasteiger partial charge on any atom is 0.232 e. The van der Waals surface area contributed by atoms with E-state index >= 15 is 0 Å². The highest BCUT2D eigenvalue weighted by Gasteiger charge is 2.31. The molecule has 1 aliphatic heterocycles. The van der Waals surface area contributed by atoms with Crippen molar-refractivity contribution in [2.45, 2.75) is 51.8 Å². The molecule has 1 fully saturated rings. The predicted octanol–water partition coefficient (Wildman–Crippen LogP) is 2.90. The average Bonchev–Trinajstić information content (AvgIpc) is 2.84. The van der Waals surface area contributed by atoms with Gasteiger partial charge in [-0.25, -0.2) is 22.8 Å². The summed E-state index contributed by atoms with van der Waals surface area (Å²) in [4.78, 5) is 19.5. The van der Waals surface area contributed by atoms with Crippen molar-refractivity contribution in [2.75, 3.05) is 5.75 Å². The summed E-state index contributed by atoms with van der Waals surface area (Å²) in [5.74, 6) is 0.862. The van der Waals surface area contributed by atoms with Crippen molar-refractivity contribution in [1.82, 2.24) is 9.97 Å². The molecular weight excluding hydrogens is 347 g/mol. The molecule has 25 heavy (non-hydrogen) atoms. The SMILES string of the molecule is CC1C=CS(=O)(=O)C1.CCCC(=O)c1cnc(OC2CC(F)C2)cn1. The van der Waals surface area contributed by atoms with Crippen LogP contribution in [0.25, 0.3) is 0 Å². The molecule has 0 aromatic carbocycles. The lowest BCUT2D eigenvalue weighted by atomic mass is 9.94. The standard InChI is InChI=1S/C12H15FN2O2.C5H8O2S/c1-2-3-11(16)10-6-15-12(7-14-10)17-9-4-8(13)5-9;1-5-2-3-8(6,7)4-5/h6-9H,2-5H2,1H3;2-3,5H,4H2,1H3. The minimum Gasteiger partial charge on any atom is -0.473 e. The minimum atomic E-state index is -2.78. The molecule has 1 saturated carbocycles. The van der Waals surface area contributed by atoms with Gasteiger partial charge in [-0.3, -0.25) is 4.79 Å². The van der Waals surface area contributed by atoms with Gasteiger partial charge in [0, 0.05) is 24.7 Å². The third-order valence-electron chi connectivity index (χ3n) is 3.83. The number of rotatable bonds is 5. The van der Waals surface area contributed by atoms with Crippen LogP contribution in [0.4, 0.5) is 4.39 Å². The number of halogens is 1. The normalized spacial score (nSPS) is 26.3. The molecule has 138 valence electrons. The lowest BCUT2D eigenvalue weighted by molar-refractivity contribution is 0.0375. The van der Waals surface area contributed by atoms with Gasteiger partial charge in [0.2, 0.25) is 5.88 Å². The zero-order valence-corrected chi connectivity index (χ0v) is 15.2. The van der Waals surface area contributed by atoms with Crippen molar-refractivity contribution < 1.29 is 22.3 Å². The van der Waals surface area contributed by atoms with Crippen LogP contribution in [0.1, 0.15) is 50.0 Å². The summed E-state index contributed by atoms with van der Waals surface area (Å²) in [6.07, 6.45) is 5.80. The quantitative estimate of drug-likeness (QED) is 0.741. The fourth-order valence-electron chi connectivity index (χ4n) is 2.38. The molecule has 1 unspecified atom stereocenters. The van der Waals surface area contributed by atoms with E-state index in [1.165, 1.54) is 17.8 Å². The largest absolute Gasteiger partial charge is 0.473 e. The van der Waals surface area contributed by atoms with E-state index in [4.69, 9.17) is 4.74 Å². The molecule has 1 aliphatic carbocycles. The van der Waals surface area contributed by atoms with Gasteiger partial charge < -0.3 is 4.74 Å². The van der Waals surface area contributed by atoms with Crippen molar-refractivity contribution in [3.8, 4) is 5.88 Å². The van der Waals surface area contributed by atoms with E-state index in [1.807, 2.05) is 13.8 Å². The predicted molar refractivity (Wildman–Crippen MR) is 91.9 cm³/mol. The molecule has 1 atom stereocenters. The van der Waals surface area contributed by atoms with Gasteiger partial charge >= 0.3 is 0 Å². The maximum absolute atomic E-state index is 12.6. The van der Waals surface area contributed by atoms with Gasteiger partial charge in [-0.1, -0.05) is 19.9 Å². The molecule has 0 saturated heterocycles. The monoisotopic (exact) mass is 370 g/mol. The molecule has 0 bridgehead atoms. The zero-order valence-electron chi connectivity index (χ0n) is 14.4. The Morgan fingerprint density at radius 2 is 2.04 bits per heavy atom.